The van der Waals surface area contributed by atoms with Crippen molar-refractivity contribution < 1.29 is 4.52 Å². The molecule has 0 atom stereocenters. The van der Waals surface area contributed by atoms with E-state index in [0.29, 0.717) is 0 Å². The number of anilines is 2. The Morgan fingerprint density at radius 3 is 2.31 bits per heavy atom. The molecule has 4 aromatic rings. The SMILES string of the molecule is CCN(c1ccc(-c2cncn2C)cc1)c1cc(-c2c(C)noc2C)ccc1C. The smallest absolute Gasteiger partial charge is 0.141 e. The van der Waals surface area contributed by atoms with E-state index in [1.165, 1.54) is 11.3 Å². The number of nitrogens with zero attached hydrogens (tertiary/aromatic N) is 4. The van der Waals surface area contributed by atoms with Gasteiger partial charge in [-0.1, -0.05) is 29.4 Å². The third-order valence-electron chi connectivity index (χ3n) is 5.43. The molecule has 5 nitrogen and oxygen atoms in total. The highest BCUT2D eigenvalue weighted by molar-refractivity contribution is 5.77. The molecule has 0 unspecified atom stereocenters. The summed E-state index contributed by atoms with van der Waals surface area (Å²) in [5, 5.41) is 4.11. The van der Waals surface area contributed by atoms with E-state index in [1.54, 1.807) is 0 Å². The first kappa shape index (κ1) is 19.0. The number of aryl methyl sites for hydroxylation is 4. The lowest BCUT2D eigenvalue weighted by atomic mass is 10.0. The van der Waals surface area contributed by atoms with E-state index in [2.05, 4.69) is 71.4 Å². The molecule has 0 amide bonds. The minimum atomic E-state index is 0.848. The number of hydrogen-bond acceptors (Lipinski definition) is 4. The highest BCUT2D eigenvalue weighted by Crippen LogP contribution is 2.35. The molecule has 0 aliphatic rings. The molecule has 2 heterocycles. The van der Waals surface area contributed by atoms with Crippen molar-refractivity contribution in [3.63, 3.8) is 0 Å². The van der Waals surface area contributed by atoms with Crippen molar-refractivity contribution in [1.29, 1.82) is 0 Å². The lowest BCUT2D eigenvalue weighted by Gasteiger charge is -2.26. The third kappa shape index (κ3) is 3.44. The zero-order chi connectivity index (χ0) is 20.5. The number of aromatic nitrogens is 3. The summed E-state index contributed by atoms with van der Waals surface area (Å²) in [4.78, 5) is 6.56. The Bertz CT molecular complexity index is 1120. The van der Waals surface area contributed by atoms with Gasteiger partial charge in [-0.3, -0.25) is 0 Å². The molecule has 0 saturated carbocycles. The van der Waals surface area contributed by atoms with Crippen LogP contribution in [0.4, 0.5) is 11.4 Å². The molecule has 0 aliphatic carbocycles. The quantitative estimate of drug-likeness (QED) is 0.433. The van der Waals surface area contributed by atoms with Gasteiger partial charge in [0.15, 0.2) is 0 Å². The first-order chi connectivity index (χ1) is 14.0. The van der Waals surface area contributed by atoms with Crippen molar-refractivity contribution in [3.05, 3.63) is 72.0 Å². The maximum atomic E-state index is 5.38. The maximum absolute atomic E-state index is 5.38. The topological polar surface area (TPSA) is 47.1 Å². The second kappa shape index (κ2) is 7.59. The van der Waals surface area contributed by atoms with Crippen molar-refractivity contribution in [2.24, 2.45) is 7.05 Å². The van der Waals surface area contributed by atoms with Gasteiger partial charge in [-0.25, -0.2) is 4.98 Å². The van der Waals surface area contributed by atoms with Crippen LogP contribution in [0, 0.1) is 20.8 Å². The molecular weight excluding hydrogens is 360 g/mol. The Morgan fingerprint density at radius 1 is 1.00 bits per heavy atom. The minimum absolute atomic E-state index is 0.848. The second-order valence-electron chi connectivity index (χ2n) is 7.38. The third-order valence-corrected chi connectivity index (χ3v) is 5.43. The summed E-state index contributed by atoms with van der Waals surface area (Å²) in [6.45, 7) is 9.15. The van der Waals surface area contributed by atoms with E-state index in [9.17, 15) is 0 Å². The van der Waals surface area contributed by atoms with Gasteiger partial charge in [0.2, 0.25) is 0 Å². The van der Waals surface area contributed by atoms with E-state index < -0.39 is 0 Å². The minimum Gasteiger partial charge on any atom is -0.361 e. The van der Waals surface area contributed by atoms with Gasteiger partial charge < -0.3 is 14.0 Å². The van der Waals surface area contributed by atoms with Gasteiger partial charge >= 0.3 is 0 Å². The summed E-state index contributed by atoms with van der Waals surface area (Å²) >= 11 is 0. The Morgan fingerprint density at radius 2 is 1.72 bits per heavy atom. The second-order valence-corrected chi connectivity index (χ2v) is 7.38. The highest BCUT2D eigenvalue weighted by atomic mass is 16.5. The fourth-order valence-corrected chi connectivity index (χ4v) is 3.89. The van der Waals surface area contributed by atoms with Crippen LogP contribution in [0.25, 0.3) is 22.4 Å². The molecule has 0 bridgehead atoms. The van der Waals surface area contributed by atoms with Crippen LogP contribution in [0.15, 0.2) is 59.5 Å². The summed E-state index contributed by atoms with van der Waals surface area (Å²) in [5.41, 5.74) is 8.98. The van der Waals surface area contributed by atoms with Crippen molar-refractivity contribution in [1.82, 2.24) is 14.7 Å². The van der Waals surface area contributed by atoms with Crippen LogP contribution in [0.1, 0.15) is 23.9 Å². The first-order valence-corrected chi connectivity index (χ1v) is 9.87. The van der Waals surface area contributed by atoms with Gasteiger partial charge in [-0.2, -0.15) is 0 Å². The van der Waals surface area contributed by atoms with Crippen LogP contribution in [-0.4, -0.2) is 21.3 Å². The van der Waals surface area contributed by atoms with Crippen molar-refractivity contribution >= 4 is 11.4 Å². The summed E-state index contributed by atoms with van der Waals surface area (Å²) in [6.07, 6.45) is 3.72. The zero-order valence-corrected chi connectivity index (χ0v) is 17.6. The van der Waals surface area contributed by atoms with Gasteiger partial charge in [0.05, 0.1) is 23.9 Å². The predicted molar refractivity (Wildman–Crippen MR) is 117 cm³/mol. The van der Waals surface area contributed by atoms with Crippen molar-refractivity contribution in [3.8, 4) is 22.4 Å². The van der Waals surface area contributed by atoms with E-state index >= 15 is 0 Å². The average molecular weight is 386 g/mol. The van der Waals surface area contributed by atoms with Crippen molar-refractivity contribution in [2.75, 3.05) is 11.4 Å². The Labute approximate surface area is 171 Å². The summed E-state index contributed by atoms with van der Waals surface area (Å²) in [7, 11) is 2.01. The van der Waals surface area contributed by atoms with Crippen LogP contribution in [0.2, 0.25) is 0 Å². The van der Waals surface area contributed by atoms with Crippen molar-refractivity contribution in [2.45, 2.75) is 27.7 Å². The summed E-state index contributed by atoms with van der Waals surface area (Å²) in [5.74, 6) is 0.848. The van der Waals surface area contributed by atoms with Crippen LogP contribution >= 0.6 is 0 Å². The molecule has 0 N–H and O–H groups in total. The molecule has 5 heteroatoms. The normalized spacial score (nSPS) is 11.1. The molecule has 0 saturated heterocycles. The Balaban J connectivity index is 1.73. The average Bonchev–Trinajstić information content (AvgIpc) is 3.29. The van der Waals surface area contributed by atoms with Gasteiger partial charge in [0, 0.05) is 30.5 Å². The molecule has 0 fully saturated rings. The monoisotopic (exact) mass is 386 g/mol. The molecular formula is C24H26N4O. The fraction of sp³-hybridized carbons (Fsp3) is 0.250. The van der Waals surface area contributed by atoms with Crippen LogP contribution in [0.5, 0.6) is 0 Å². The molecule has 0 aliphatic heterocycles. The molecule has 4 rings (SSSR count). The number of imidazole rings is 1. The highest BCUT2D eigenvalue weighted by Gasteiger charge is 2.16. The maximum Gasteiger partial charge on any atom is 0.141 e. The van der Waals surface area contributed by atoms with E-state index in [-0.39, 0.29) is 0 Å². The molecule has 148 valence electrons. The van der Waals surface area contributed by atoms with E-state index in [4.69, 9.17) is 4.52 Å². The van der Waals surface area contributed by atoms with Gasteiger partial charge in [0.1, 0.15) is 5.76 Å². The lowest BCUT2D eigenvalue weighted by molar-refractivity contribution is 0.393. The molecule has 0 spiro atoms. The van der Waals surface area contributed by atoms with Crippen LogP contribution in [-0.2, 0) is 7.05 Å². The van der Waals surface area contributed by atoms with E-state index in [0.717, 1.165) is 46.1 Å². The molecule has 2 aromatic carbocycles. The predicted octanol–water partition coefficient (Wildman–Crippen LogP) is 5.83. The number of rotatable bonds is 5. The lowest BCUT2D eigenvalue weighted by Crippen LogP contribution is -2.17. The van der Waals surface area contributed by atoms with Crippen LogP contribution < -0.4 is 4.90 Å². The largest absolute Gasteiger partial charge is 0.361 e. The first-order valence-electron chi connectivity index (χ1n) is 9.87. The van der Waals surface area contributed by atoms with Gasteiger partial charge in [0.25, 0.3) is 0 Å². The van der Waals surface area contributed by atoms with Gasteiger partial charge in [-0.05, 0) is 62.6 Å². The Hall–Kier alpha value is -3.34. The number of hydrogen-bond donors (Lipinski definition) is 0. The summed E-state index contributed by atoms with van der Waals surface area (Å²) in [6, 6.07) is 15.2. The van der Waals surface area contributed by atoms with Gasteiger partial charge in [-0.15, -0.1) is 0 Å². The van der Waals surface area contributed by atoms with Crippen LogP contribution in [0.3, 0.4) is 0 Å². The molecule has 2 aromatic heterocycles. The molecule has 29 heavy (non-hydrogen) atoms. The molecule has 0 radical (unpaired) electrons. The zero-order valence-electron chi connectivity index (χ0n) is 17.6. The summed E-state index contributed by atoms with van der Waals surface area (Å²) < 4.78 is 7.41. The fourth-order valence-electron chi connectivity index (χ4n) is 3.89. The Kier molecular flexibility index (Phi) is 4.97. The number of benzene rings is 2. The van der Waals surface area contributed by atoms with E-state index in [1.807, 2.05) is 38.0 Å². The standard InChI is InChI=1S/C24H26N4O/c1-6-28(21-11-9-19(10-12-21)23-14-25-15-27(23)5)22-13-20(8-7-16(22)2)24-17(3)26-29-18(24)4/h7-15H,6H2,1-5H3.